The van der Waals surface area contributed by atoms with E-state index >= 15 is 0 Å². The number of rotatable bonds is 7. The molecule has 6 nitrogen and oxygen atoms in total. The zero-order valence-corrected chi connectivity index (χ0v) is 14.6. The standard InChI is InChI=1S/C13H19BrN2O4S/c1-10(11-5-4-6-12(14)9-11)15-21(18,19)16(2)8-7-13(17)20-3/h4-6,9-10,15H,7-8H2,1-3H3/t10-/m0/s1. The van der Waals surface area contributed by atoms with Crippen molar-refractivity contribution in [2.75, 3.05) is 20.7 Å². The fraction of sp³-hybridized carbons (Fsp3) is 0.462. The van der Waals surface area contributed by atoms with Crippen molar-refractivity contribution in [3.63, 3.8) is 0 Å². The second-order valence-corrected chi connectivity index (χ2v) is 7.27. The molecule has 1 aromatic rings. The van der Waals surface area contributed by atoms with Gasteiger partial charge in [-0.2, -0.15) is 17.4 Å². The zero-order valence-electron chi connectivity index (χ0n) is 12.2. The van der Waals surface area contributed by atoms with E-state index in [2.05, 4.69) is 25.4 Å². The molecule has 0 heterocycles. The van der Waals surface area contributed by atoms with E-state index in [4.69, 9.17) is 0 Å². The summed E-state index contributed by atoms with van der Waals surface area (Å²) in [5.41, 5.74) is 0.842. The van der Waals surface area contributed by atoms with E-state index in [0.29, 0.717) is 0 Å². The number of nitrogens with one attached hydrogen (secondary N) is 1. The van der Waals surface area contributed by atoms with E-state index in [1.54, 1.807) is 6.92 Å². The molecule has 0 fully saturated rings. The topological polar surface area (TPSA) is 75.7 Å². The Morgan fingerprint density at radius 2 is 2.14 bits per heavy atom. The Morgan fingerprint density at radius 3 is 2.71 bits per heavy atom. The molecule has 0 unspecified atom stereocenters. The lowest BCUT2D eigenvalue weighted by atomic mass is 10.1. The fourth-order valence-corrected chi connectivity index (χ4v) is 3.14. The van der Waals surface area contributed by atoms with Gasteiger partial charge in [-0.3, -0.25) is 4.79 Å². The van der Waals surface area contributed by atoms with Crippen molar-refractivity contribution in [3.8, 4) is 0 Å². The van der Waals surface area contributed by atoms with Gasteiger partial charge in [-0.25, -0.2) is 0 Å². The third-order valence-corrected chi connectivity index (χ3v) is 5.09. The van der Waals surface area contributed by atoms with E-state index in [1.807, 2.05) is 24.3 Å². The van der Waals surface area contributed by atoms with Crippen molar-refractivity contribution in [1.82, 2.24) is 9.03 Å². The van der Waals surface area contributed by atoms with Gasteiger partial charge in [0.2, 0.25) is 0 Å². The Bertz CT molecular complexity index is 592. The van der Waals surface area contributed by atoms with Gasteiger partial charge in [-0.1, -0.05) is 28.1 Å². The minimum absolute atomic E-state index is 0.0131. The largest absolute Gasteiger partial charge is 0.469 e. The van der Waals surface area contributed by atoms with E-state index in [0.717, 1.165) is 14.3 Å². The average molecular weight is 379 g/mol. The molecule has 0 aromatic heterocycles. The smallest absolute Gasteiger partial charge is 0.306 e. The number of methoxy groups -OCH3 is 1. The van der Waals surface area contributed by atoms with Gasteiger partial charge in [0.15, 0.2) is 0 Å². The van der Waals surface area contributed by atoms with Gasteiger partial charge in [0, 0.05) is 24.1 Å². The highest BCUT2D eigenvalue weighted by molar-refractivity contribution is 9.10. The molecule has 21 heavy (non-hydrogen) atoms. The third-order valence-electron chi connectivity index (χ3n) is 2.94. The maximum absolute atomic E-state index is 12.2. The van der Waals surface area contributed by atoms with Crippen LogP contribution >= 0.6 is 15.9 Å². The normalized spacial score (nSPS) is 13.2. The highest BCUT2D eigenvalue weighted by atomic mass is 79.9. The molecule has 118 valence electrons. The second-order valence-electron chi connectivity index (χ2n) is 4.55. The van der Waals surface area contributed by atoms with E-state index in [-0.39, 0.29) is 19.0 Å². The molecule has 0 aliphatic rings. The molecule has 1 rings (SSSR count). The van der Waals surface area contributed by atoms with Crippen molar-refractivity contribution in [2.24, 2.45) is 0 Å². The lowest BCUT2D eigenvalue weighted by Crippen LogP contribution is -2.40. The van der Waals surface area contributed by atoms with Crippen LogP contribution in [0, 0.1) is 0 Å². The van der Waals surface area contributed by atoms with Crippen LogP contribution in [0.25, 0.3) is 0 Å². The molecule has 1 N–H and O–H groups in total. The number of esters is 1. The van der Waals surface area contributed by atoms with Gasteiger partial charge in [-0.05, 0) is 24.6 Å². The molecule has 0 spiro atoms. The van der Waals surface area contributed by atoms with Gasteiger partial charge in [0.25, 0.3) is 10.2 Å². The summed E-state index contributed by atoms with van der Waals surface area (Å²) in [5, 5.41) is 0. The average Bonchev–Trinajstić information content (AvgIpc) is 2.43. The molecular weight excluding hydrogens is 360 g/mol. The molecular formula is C13H19BrN2O4S. The molecule has 0 saturated heterocycles. The quantitative estimate of drug-likeness (QED) is 0.734. The minimum atomic E-state index is -3.66. The van der Waals surface area contributed by atoms with Crippen LogP contribution in [-0.4, -0.2) is 39.4 Å². The van der Waals surface area contributed by atoms with E-state index in [9.17, 15) is 13.2 Å². The number of benzene rings is 1. The van der Waals surface area contributed by atoms with Gasteiger partial charge >= 0.3 is 5.97 Å². The van der Waals surface area contributed by atoms with Crippen LogP contribution in [0.2, 0.25) is 0 Å². The Kier molecular flexibility index (Phi) is 6.79. The SMILES string of the molecule is COC(=O)CCN(C)S(=O)(=O)N[C@@H](C)c1cccc(Br)c1. The molecule has 0 aliphatic carbocycles. The molecule has 8 heteroatoms. The van der Waals surface area contributed by atoms with Crippen LogP contribution in [0.5, 0.6) is 0 Å². The Morgan fingerprint density at radius 1 is 1.48 bits per heavy atom. The number of hydrogen-bond donors (Lipinski definition) is 1. The summed E-state index contributed by atoms with van der Waals surface area (Å²) in [7, 11) is -0.980. The third kappa shape index (κ3) is 5.74. The van der Waals surface area contributed by atoms with Crippen LogP contribution in [0.1, 0.15) is 24.9 Å². The number of ether oxygens (including phenoxy) is 1. The van der Waals surface area contributed by atoms with Crippen molar-refractivity contribution in [2.45, 2.75) is 19.4 Å². The van der Waals surface area contributed by atoms with E-state index < -0.39 is 16.2 Å². The van der Waals surface area contributed by atoms with Gasteiger partial charge < -0.3 is 4.74 Å². The first-order chi connectivity index (χ1) is 9.76. The first-order valence-electron chi connectivity index (χ1n) is 6.32. The lowest BCUT2D eigenvalue weighted by molar-refractivity contribution is -0.140. The van der Waals surface area contributed by atoms with Crippen LogP contribution in [0.15, 0.2) is 28.7 Å². The van der Waals surface area contributed by atoms with Crippen LogP contribution in [-0.2, 0) is 19.7 Å². The predicted molar refractivity (Wildman–Crippen MR) is 83.9 cm³/mol. The molecule has 0 aliphatic heterocycles. The predicted octanol–water partition coefficient (Wildman–Crippen LogP) is 1.84. The number of nitrogens with zero attached hydrogens (tertiary/aromatic N) is 1. The highest BCUT2D eigenvalue weighted by Gasteiger charge is 2.21. The maximum atomic E-state index is 12.2. The molecule has 0 saturated carbocycles. The maximum Gasteiger partial charge on any atom is 0.306 e. The number of carbonyl (C=O) groups is 1. The Hall–Kier alpha value is -0.960. The summed E-state index contributed by atoms with van der Waals surface area (Å²) in [6.07, 6.45) is 0.0131. The number of carbonyl (C=O) groups excluding carboxylic acids is 1. The number of halogens is 1. The Labute approximate surface area is 133 Å². The van der Waals surface area contributed by atoms with Crippen molar-refractivity contribution in [3.05, 3.63) is 34.3 Å². The summed E-state index contributed by atoms with van der Waals surface area (Å²) in [6.45, 7) is 1.82. The van der Waals surface area contributed by atoms with Crippen molar-refractivity contribution < 1.29 is 17.9 Å². The second kappa shape index (κ2) is 7.88. The van der Waals surface area contributed by atoms with Gasteiger partial charge in [-0.15, -0.1) is 0 Å². The fourth-order valence-electron chi connectivity index (χ4n) is 1.63. The monoisotopic (exact) mass is 378 g/mol. The number of hydrogen-bond acceptors (Lipinski definition) is 4. The first kappa shape index (κ1) is 18.1. The molecule has 0 bridgehead atoms. The summed E-state index contributed by atoms with van der Waals surface area (Å²) < 4.78 is 33.3. The van der Waals surface area contributed by atoms with Crippen LogP contribution in [0.3, 0.4) is 0 Å². The molecule has 0 amide bonds. The van der Waals surface area contributed by atoms with Crippen molar-refractivity contribution >= 4 is 32.1 Å². The van der Waals surface area contributed by atoms with Crippen molar-refractivity contribution in [1.29, 1.82) is 0 Å². The summed E-state index contributed by atoms with van der Waals surface area (Å²) >= 11 is 3.35. The summed E-state index contributed by atoms with van der Waals surface area (Å²) in [5.74, 6) is -0.447. The minimum Gasteiger partial charge on any atom is -0.469 e. The van der Waals surface area contributed by atoms with Crippen LogP contribution < -0.4 is 4.72 Å². The zero-order chi connectivity index (χ0) is 16.0. The summed E-state index contributed by atoms with van der Waals surface area (Å²) in [4.78, 5) is 11.1. The van der Waals surface area contributed by atoms with Gasteiger partial charge in [0.05, 0.1) is 13.5 Å². The highest BCUT2D eigenvalue weighted by Crippen LogP contribution is 2.18. The molecule has 1 aromatic carbocycles. The van der Waals surface area contributed by atoms with Gasteiger partial charge in [0.1, 0.15) is 0 Å². The van der Waals surface area contributed by atoms with Crippen LogP contribution in [0.4, 0.5) is 0 Å². The van der Waals surface area contributed by atoms with E-state index in [1.165, 1.54) is 14.2 Å². The molecule has 1 atom stereocenters. The summed E-state index contributed by atoms with van der Waals surface area (Å²) in [6, 6.07) is 7.01. The lowest BCUT2D eigenvalue weighted by Gasteiger charge is -2.21. The first-order valence-corrected chi connectivity index (χ1v) is 8.55. The Balaban J connectivity index is 2.68. The molecule has 0 radical (unpaired) electrons.